The van der Waals surface area contributed by atoms with Crippen molar-refractivity contribution in [1.29, 1.82) is 0 Å². The van der Waals surface area contributed by atoms with Crippen LogP contribution in [0.2, 0.25) is 0 Å². The summed E-state index contributed by atoms with van der Waals surface area (Å²) in [6.45, 7) is 9.02. The first-order chi connectivity index (χ1) is 16.6. The minimum Gasteiger partial charge on any atom is -0.354 e. The van der Waals surface area contributed by atoms with Crippen molar-refractivity contribution in [3.05, 3.63) is 65.7 Å². The zero-order valence-corrected chi connectivity index (χ0v) is 22.3. The van der Waals surface area contributed by atoms with E-state index in [1.165, 1.54) is 11.4 Å². The van der Waals surface area contributed by atoms with E-state index in [1.54, 1.807) is 35.2 Å². The standard InChI is InChI=1S/C27H39N3O4S/c1-6-25(27(32)28-19-21(2)3)30(20-23-16-14-22(4)15-17-23)26(31)13-10-18-29(5)35(33,34)24-11-8-7-9-12-24/h7-9,11-12,14-17,21,25H,6,10,13,18-20H2,1-5H3,(H,28,32)/t25-/m0/s1. The van der Waals surface area contributed by atoms with Crippen LogP contribution in [0.25, 0.3) is 0 Å². The Bertz CT molecular complexity index is 1050. The number of rotatable bonds is 13. The SMILES string of the molecule is CC[C@@H](C(=O)NCC(C)C)N(Cc1ccc(C)cc1)C(=O)CCCN(C)S(=O)(=O)c1ccccc1. The fourth-order valence-electron chi connectivity index (χ4n) is 3.72. The lowest BCUT2D eigenvalue weighted by atomic mass is 10.1. The van der Waals surface area contributed by atoms with Crippen LogP contribution in [-0.2, 0) is 26.2 Å². The van der Waals surface area contributed by atoms with Crippen LogP contribution in [-0.4, -0.2) is 55.6 Å². The molecule has 1 N–H and O–H groups in total. The quantitative estimate of drug-likeness (QED) is 0.450. The highest BCUT2D eigenvalue weighted by Gasteiger charge is 2.29. The second-order valence-electron chi connectivity index (χ2n) is 9.31. The number of nitrogens with one attached hydrogen (secondary N) is 1. The molecule has 192 valence electrons. The van der Waals surface area contributed by atoms with E-state index in [0.29, 0.717) is 31.8 Å². The van der Waals surface area contributed by atoms with E-state index in [4.69, 9.17) is 0 Å². The number of nitrogens with zero attached hydrogens (tertiary/aromatic N) is 2. The van der Waals surface area contributed by atoms with Crippen molar-refractivity contribution in [2.75, 3.05) is 20.1 Å². The molecule has 2 aromatic carbocycles. The molecule has 1 atom stereocenters. The van der Waals surface area contributed by atoms with Crippen molar-refractivity contribution in [2.45, 2.75) is 64.4 Å². The summed E-state index contributed by atoms with van der Waals surface area (Å²) in [4.78, 5) is 28.1. The number of sulfonamides is 1. The highest BCUT2D eigenvalue weighted by atomic mass is 32.2. The molecule has 2 amide bonds. The van der Waals surface area contributed by atoms with Crippen LogP contribution in [0, 0.1) is 12.8 Å². The molecular weight excluding hydrogens is 462 g/mol. The molecule has 0 aliphatic heterocycles. The minimum absolute atomic E-state index is 0.147. The molecule has 2 rings (SSSR count). The Hall–Kier alpha value is -2.71. The van der Waals surface area contributed by atoms with Gasteiger partial charge in [0.15, 0.2) is 0 Å². The van der Waals surface area contributed by atoms with Gasteiger partial charge in [-0.1, -0.05) is 68.8 Å². The Labute approximate surface area is 210 Å². The van der Waals surface area contributed by atoms with Gasteiger partial charge in [0.05, 0.1) is 4.90 Å². The van der Waals surface area contributed by atoms with E-state index in [9.17, 15) is 18.0 Å². The zero-order chi connectivity index (χ0) is 26.0. The number of carbonyl (C=O) groups excluding carboxylic acids is 2. The molecule has 0 radical (unpaired) electrons. The predicted octanol–water partition coefficient (Wildman–Crippen LogP) is 3.98. The lowest BCUT2D eigenvalue weighted by molar-refractivity contribution is -0.141. The van der Waals surface area contributed by atoms with Crippen molar-refractivity contribution < 1.29 is 18.0 Å². The van der Waals surface area contributed by atoms with Gasteiger partial charge >= 0.3 is 0 Å². The van der Waals surface area contributed by atoms with E-state index in [2.05, 4.69) is 5.32 Å². The predicted molar refractivity (Wildman–Crippen MR) is 139 cm³/mol. The maximum atomic E-state index is 13.3. The molecular formula is C27H39N3O4S. The van der Waals surface area contributed by atoms with Gasteiger partial charge in [-0.15, -0.1) is 0 Å². The highest BCUT2D eigenvalue weighted by Crippen LogP contribution is 2.17. The number of amides is 2. The topological polar surface area (TPSA) is 86.8 Å². The van der Waals surface area contributed by atoms with Crippen molar-refractivity contribution in [1.82, 2.24) is 14.5 Å². The average molecular weight is 502 g/mol. The third kappa shape index (κ3) is 8.47. The molecule has 0 spiro atoms. The van der Waals surface area contributed by atoms with Gasteiger partial charge < -0.3 is 10.2 Å². The number of carbonyl (C=O) groups is 2. The molecule has 0 heterocycles. The first-order valence-corrected chi connectivity index (χ1v) is 13.6. The fourth-order valence-corrected chi connectivity index (χ4v) is 4.95. The van der Waals surface area contributed by atoms with Gasteiger partial charge in [0.2, 0.25) is 21.8 Å². The maximum absolute atomic E-state index is 13.3. The van der Waals surface area contributed by atoms with Crippen LogP contribution < -0.4 is 5.32 Å². The normalized spacial score (nSPS) is 12.5. The average Bonchev–Trinajstić information content (AvgIpc) is 2.84. The monoisotopic (exact) mass is 501 g/mol. The summed E-state index contributed by atoms with van der Waals surface area (Å²) in [5.74, 6) is -0.0205. The third-order valence-electron chi connectivity index (χ3n) is 5.86. The summed E-state index contributed by atoms with van der Waals surface area (Å²) in [5, 5.41) is 2.96. The zero-order valence-electron chi connectivity index (χ0n) is 21.5. The van der Waals surface area contributed by atoms with Gasteiger partial charge in [-0.05, 0) is 43.4 Å². The number of hydrogen-bond acceptors (Lipinski definition) is 4. The smallest absolute Gasteiger partial charge is 0.242 e. The van der Waals surface area contributed by atoms with Gasteiger partial charge in [-0.2, -0.15) is 0 Å². The van der Waals surface area contributed by atoms with Gasteiger partial charge in [0.25, 0.3) is 0 Å². The second kappa shape index (κ2) is 13.4. The van der Waals surface area contributed by atoms with Gasteiger partial charge in [-0.3, -0.25) is 9.59 Å². The summed E-state index contributed by atoms with van der Waals surface area (Å²) in [6.07, 6.45) is 0.994. The van der Waals surface area contributed by atoms with Crippen LogP contribution in [0.15, 0.2) is 59.5 Å². The highest BCUT2D eigenvalue weighted by molar-refractivity contribution is 7.89. The van der Waals surface area contributed by atoms with Crippen LogP contribution in [0.5, 0.6) is 0 Å². The maximum Gasteiger partial charge on any atom is 0.242 e. The van der Waals surface area contributed by atoms with Crippen LogP contribution >= 0.6 is 0 Å². The molecule has 0 aromatic heterocycles. The molecule has 7 nitrogen and oxygen atoms in total. The van der Waals surface area contributed by atoms with E-state index in [-0.39, 0.29) is 29.7 Å². The first kappa shape index (κ1) is 28.5. The Morgan fingerprint density at radius 3 is 2.20 bits per heavy atom. The van der Waals surface area contributed by atoms with E-state index >= 15 is 0 Å². The van der Waals surface area contributed by atoms with Crippen LogP contribution in [0.4, 0.5) is 0 Å². The Morgan fingerprint density at radius 1 is 1.00 bits per heavy atom. The molecule has 0 saturated carbocycles. The van der Waals surface area contributed by atoms with Gasteiger partial charge in [-0.25, -0.2) is 12.7 Å². The molecule has 8 heteroatoms. The third-order valence-corrected chi connectivity index (χ3v) is 7.73. The van der Waals surface area contributed by atoms with Gasteiger partial charge in [0, 0.05) is 33.1 Å². The van der Waals surface area contributed by atoms with Crippen molar-refractivity contribution in [2.24, 2.45) is 5.92 Å². The summed E-state index contributed by atoms with van der Waals surface area (Å²) in [7, 11) is -2.10. The lowest BCUT2D eigenvalue weighted by Gasteiger charge is -2.31. The molecule has 0 bridgehead atoms. The summed E-state index contributed by atoms with van der Waals surface area (Å²) >= 11 is 0. The van der Waals surface area contributed by atoms with Crippen LogP contribution in [0.3, 0.4) is 0 Å². The van der Waals surface area contributed by atoms with E-state index in [0.717, 1.165) is 11.1 Å². The molecule has 0 unspecified atom stereocenters. The Balaban J connectivity index is 2.11. The molecule has 0 fully saturated rings. The van der Waals surface area contributed by atoms with Crippen LogP contribution in [0.1, 0.15) is 51.2 Å². The largest absolute Gasteiger partial charge is 0.354 e. The molecule has 0 aliphatic carbocycles. The summed E-state index contributed by atoms with van der Waals surface area (Å²) in [5.41, 5.74) is 2.07. The lowest BCUT2D eigenvalue weighted by Crippen LogP contribution is -2.49. The Morgan fingerprint density at radius 2 is 1.63 bits per heavy atom. The Kier molecular flexibility index (Phi) is 10.9. The second-order valence-corrected chi connectivity index (χ2v) is 11.4. The number of benzene rings is 2. The van der Waals surface area contributed by atoms with Crippen molar-refractivity contribution in [3.63, 3.8) is 0 Å². The summed E-state index contributed by atoms with van der Waals surface area (Å²) < 4.78 is 26.8. The van der Waals surface area contributed by atoms with E-state index < -0.39 is 16.1 Å². The fraction of sp³-hybridized carbons (Fsp3) is 0.481. The van der Waals surface area contributed by atoms with Gasteiger partial charge in [0.1, 0.15) is 6.04 Å². The minimum atomic E-state index is -3.62. The first-order valence-electron chi connectivity index (χ1n) is 12.2. The number of hydrogen-bond donors (Lipinski definition) is 1. The molecule has 2 aromatic rings. The summed E-state index contributed by atoms with van der Waals surface area (Å²) in [6, 6.07) is 15.6. The molecule has 0 aliphatic rings. The number of aryl methyl sites for hydroxylation is 1. The molecule has 35 heavy (non-hydrogen) atoms. The van der Waals surface area contributed by atoms with Crippen molar-refractivity contribution >= 4 is 21.8 Å². The van der Waals surface area contributed by atoms with Crippen molar-refractivity contribution in [3.8, 4) is 0 Å². The van der Waals surface area contributed by atoms with E-state index in [1.807, 2.05) is 52.0 Å². The molecule has 0 saturated heterocycles.